The van der Waals surface area contributed by atoms with Crippen molar-refractivity contribution in [1.29, 1.82) is 0 Å². The standard InChI is InChI=1S/C24H26N2OS/c1-24(14-15-26(24)17-18-10-12-21(28-2)13-11-18)23(27)25-16-20-8-5-7-19-6-3-4-9-22(19)20/h3-13H,14-17H2,1-2H3,(H,25,27). The van der Waals surface area contributed by atoms with Crippen LogP contribution in [0.25, 0.3) is 10.8 Å². The van der Waals surface area contributed by atoms with Gasteiger partial charge in [0.05, 0.1) is 5.54 Å². The molecule has 4 heteroatoms. The summed E-state index contributed by atoms with van der Waals surface area (Å²) >= 11 is 1.75. The zero-order valence-electron chi connectivity index (χ0n) is 16.4. The third-order valence-corrected chi connectivity index (χ3v) is 6.65. The molecule has 0 aliphatic carbocycles. The van der Waals surface area contributed by atoms with Crippen molar-refractivity contribution >= 4 is 28.4 Å². The molecule has 1 fully saturated rings. The number of nitrogens with one attached hydrogen (secondary N) is 1. The summed E-state index contributed by atoms with van der Waals surface area (Å²) in [5.41, 5.74) is 1.99. The summed E-state index contributed by atoms with van der Waals surface area (Å²) < 4.78 is 0. The topological polar surface area (TPSA) is 32.3 Å². The number of likely N-dealkylation sites (tertiary alicyclic amines) is 1. The molecule has 144 valence electrons. The first-order valence-electron chi connectivity index (χ1n) is 9.73. The zero-order chi connectivity index (χ0) is 19.6. The molecule has 1 saturated heterocycles. The fraction of sp³-hybridized carbons (Fsp3) is 0.292. The Morgan fingerprint density at radius 3 is 2.54 bits per heavy atom. The minimum atomic E-state index is -0.428. The number of hydrogen-bond donors (Lipinski definition) is 1. The highest BCUT2D eigenvalue weighted by molar-refractivity contribution is 7.98. The van der Waals surface area contributed by atoms with Crippen molar-refractivity contribution in [1.82, 2.24) is 10.2 Å². The van der Waals surface area contributed by atoms with Crippen molar-refractivity contribution in [3.8, 4) is 0 Å². The van der Waals surface area contributed by atoms with Crippen LogP contribution in [0.5, 0.6) is 0 Å². The minimum Gasteiger partial charge on any atom is -0.350 e. The SMILES string of the molecule is CSc1ccc(CN2CCC2(C)C(=O)NCc2cccc3ccccc23)cc1. The van der Waals surface area contributed by atoms with Gasteiger partial charge in [-0.25, -0.2) is 0 Å². The Balaban J connectivity index is 1.42. The third-order valence-electron chi connectivity index (χ3n) is 5.91. The Morgan fingerprint density at radius 2 is 1.82 bits per heavy atom. The number of hydrogen-bond acceptors (Lipinski definition) is 3. The summed E-state index contributed by atoms with van der Waals surface area (Å²) in [5, 5.41) is 5.59. The Hall–Kier alpha value is -2.30. The van der Waals surface area contributed by atoms with E-state index in [1.165, 1.54) is 21.2 Å². The average molecular weight is 391 g/mol. The van der Waals surface area contributed by atoms with Gasteiger partial charge in [-0.05, 0) is 53.6 Å². The molecule has 3 aromatic carbocycles. The molecule has 3 nitrogen and oxygen atoms in total. The summed E-state index contributed by atoms with van der Waals surface area (Å²) in [6.07, 6.45) is 2.99. The van der Waals surface area contributed by atoms with Crippen LogP contribution in [0.2, 0.25) is 0 Å². The van der Waals surface area contributed by atoms with E-state index in [1.807, 2.05) is 12.1 Å². The van der Waals surface area contributed by atoms with Crippen LogP contribution >= 0.6 is 11.8 Å². The van der Waals surface area contributed by atoms with E-state index >= 15 is 0 Å². The van der Waals surface area contributed by atoms with E-state index in [9.17, 15) is 4.79 Å². The Morgan fingerprint density at radius 1 is 1.07 bits per heavy atom. The number of rotatable bonds is 6. The summed E-state index contributed by atoms with van der Waals surface area (Å²) in [7, 11) is 0. The van der Waals surface area contributed by atoms with E-state index < -0.39 is 5.54 Å². The summed E-state index contributed by atoms with van der Waals surface area (Å²) in [4.78, 5) is 16.5. The lowest BCUT2D eigenvalue weighted by atomic mass is 9.85. The molecule has 0 saturated carbocycles. The number of amides is 1. The fourth-order valence-corrected chi connectivity index (χ4v) is 4.29. The van der Waals surface area contributed by atoms with Crippen LogP contribution in [0.3, 0.4) is 0 Å². The summed E-state index contributed by atoms with van der Waals surface area (Å²) in [6.45, 7) is 4.40. The van der Waals surface area contributed by atoms with E-state index in [1.54, 1.807) is 11.8 Å². The van der Waals surface area contributed by atoms with E-state index in [0.717, 1.165) is 25.1 Å². The van der Waals surface area contributed by atoms with E-state index in [4.69, 9.17) is 0 Å². The molecule has 0 aromatic heterocycles. The molecule has 1 aliphatic rings. The van der Waals surface area contributed by atoms with Gasteiger partial charge in [-0.1, -0.05) is 54.6 Å². The molecule has 1 amide bonds. The number of benzene rings is 3. The van der Waals surface area contributed by atoms with E-state index in [-0.39, 0.29) is 5.91 Å². The van der Waals surface area contributed by atoms with Crippen molar-refractivity contribution in [3.63, 3.8) is 0 Å². The van der Waals surface area contributed by atoms with Crippen LogP contribution in [0, 0.1) is 0 Å². The number of thioether (sulfide) groups is 1. The van der Waals surface area contributed by atoms with Gasteiger partial charge in [0.1, 0.15) is 0 Å². The monoisotopic (exact) mass is 390 g/mol. The van der Waals surface area contributed by atoms with Crippen LogP contribution < -0.4 is 5.32 Å². The van der Waals surface area contributed by atoms with Crippen LogP contribution in [-0.2, 0) is 17.9 Å². The van der Waals surface area contributed by atoms with Gasteiger partial charge >= 0.3 is 0 Å². The van der Waals surface area contributed by atoms with Crippen molar-refractivity contribution in [2.24, 2.45) is 0 Å². The lowest BCUT2D eigenvalue weighted by Gasteiger charge is -2.49. The van der Waals surface area contributed by atoms with Crippen LogP contribution in [0.4, 0.5) is 0 Å². The molecular weight excluding hydrogens is 364 g/mol. The summed E-state index contributed by atoms with van der Waals surface area (Å²) in [5.74, 6) is 0.118. The number of carbonyl (C=O) groups is 1. The van der Waals surface area contributed by atoms with Gasteiger partial charge in [0.25, 0.3) is 0 Å². The molecule has 1 aliphatic heterocycles. The predicted octanol–water partition coefficient (Wildman–Crippen LogP) is 4.84. The second-order valence-corrected chi connectivity index (χ2v) is 8.49. The highest BCUT2D eigenvalue weighted by Gasteiger charge is 2.46. The quantitative estimate of drug-likeness (QED) is 0.611. The van der Waals surface area contributed by atoms with E-state index in [2.05, 4.69) is 78.0 Å². The maximum absolute atomic E-state index is 13.0. The van der Waals surface area contributed by atoms with Gasteiger partial charge < -0.3 is 5.32 Å². The first kappa shape index (κ1) is 19.0. The van der Waals surface area contributed by atoms with Crippen LogP contribution in [0.15, 0.2) is 71.6 Å². The fourth-order valence-electron chi connectivity index (χ4n) is 3.88. The van der Waals surface area contributed by atoms with Crippen LogP contribution in [0.1, 0.15) is 24.5 Å². The van der Waals surface area contributed by atoms with Gasteiger partial charge in [-0.3, -0.25) is 9.69 Å². The highest BCUT2D eigenvalue weighted by Crippen LogP contribution is 2.32. The molecule has 3 aromatic rings. The average Bonchev–Trinajstić information content (AvgIpc) is 2.74. The smallest absolute Gasteiger partial charge is 0.240 e. The lowest BCUT2D eigenvalue weighted by Crippen LogP contribution is -2.65. The largest absolute Gasteiger partial charge is 0.350 e. The molecular formula is C24H26N2OS. The van der Waals surface area contributed by atoms with Crippen molar-refractivity contribution in [3.05, 3.63) is 77.9 Å². The van der Waals surface area contributed by atoms with Gasteiger partial charge in [0, 0.05) is 24.5 Å². The van der Waals surface area contributed by atoms with Gasteiger partial charge in [0.15, 0.2) is 0 Å². The molecule has 28 heavy (non-hydrogen) atoms. The zero-order valence-corrected chi connectivity index (χ0v) is 17.3. The van der Waals surface area contributed by atoms with Crippen molar-refractivity contribution in [2.75, 3.05) is 12.8 Å². The first-order valence-corrected chi connectivity index (χ1v) is 11.0. The molecule has 1 atom stereocenters. The molecule has 1 heterocycles. The molecule has 1 N–H and O–H groups in total. The van der Waals surface area contributed by atoms with Crippen LogP contribution in [-0.4, -0.2) is 29.1 Å². The van der Waals surface area contributed by atoms with E-state index in [0.29, 0.717) is 6.54 Å². The Bertz CT molecular complexity index is 980. The van der Waals surface area contributed by atoms with Gasteiger partial charge in [-0.15, -0.1) is 11.8 Å². The second kappa shape index (κ2) is 7.98. The lowest BCUT2D eigenvalue weighted by molar-refractivity contribution is -0.142. The van der Waals surface area contributed by atoms with Gasteiger partial charge in [-0.2, -0.15) is 0 Å². The second-order valence-electron chi connectivity index (χ2n) is 7.61. The number of fused-ring (bicyclic) bond motifs is 1. The van der Waals surface area contributed by atoms with Gasteiger partial charge in [0.2, 0.25) is 5.91 Å². The maximum atomic E-state index is 13.0. The maximum Gasteiger partial charge on any atom is 0.240 e. The minimum absolute atomic E-state index is 0.118. The third kappa shape index (κ3) is 3.67. The molecule has 4 rings (SSSR count). The first-order chi connectivity index (χ1) is 13.6. The van der Waals surface area contributed by atoms with Crippen molar-refractivity contribution in [2.45, 2.75) is 36.9 Å². The Labute approximate surface area is 171 Å². The van der Waals surface area contributed by atoms with Crippen molar-refractivity contribution < 1.29 is 4.79 Å². The molecule has 0 radical (unpaired) electrons. The normalized spacial score (nSPS) is 19.4. The predicted molar refractivity (Wildman–Crippen MR) is 117 cm³/mol. The molecule has 0 bridgehead atoms. The Kier molecular flexibility index (Phi) is 5.42. The summed E-state index contributed by atoms with van der Waals surface area (Å²) in [6, 6.07) is 23.2. The number of nitrogens with zero attached hydrogens (tertiary/aromatic N) is 1. The highest BCUT2D eigenvalue weighted by atomic mass is 32.2. The molecule has 1 unspecified atom stereocenters. The molecule has 0 spiro atoms. The number of carbonyl (C=O) groups excluding carboxylic acids is 1.